The Kier molecular flexibility index (Phi) is 4.95. The van der Waals surface area contributed by atoms with E-state index in [1.54, 1.807) is 35.7 Å². The minimum atomic E-state index is -0.219. The molecule has 2 aromatic rings. The molecule has 0 aliphatic carbocycles. The second kappa shape index (κ2) is 6.91. The molecule has 6 heteroatoms. The first kappa shape index (κ1) is 14.3. The first-order valence-electron chi connectivity index (χ1n) is 6.40. The van der Waals surface area contributed by atoms with Crippen LogP contribution in [0, 0.1) is 0 Å². The number of nitrogen functional groups attached to an aromatic ring is 1. The molecule has 1 heterocycles. The smallest absolute Gasteiger partial charge is 0.257 e. The lowest BCUT2D eigenvalue weighted by Gasteiger charge is -2.12. The van der Waals surface area contributed by atoms with Crippen LogP contribution in [0.2, 0.25) is 0 Å². The Labute approximate surface area is 121 Å². The molecule has 1 aromatic heterocycles. The summed E-state index contributed by atoms with van der Waals surface area (Å²) in [4.78, 5) is 16.4. The van der Waals surface area contributed by atoms with Gasteiger partial charge < -0.3 is 15.8 Å². The molecule has 0 fully saturated rings. The van der Waals surface area contributed by atoms with Crippen LogP contribution in [0.25, 0.3) is 0 Å². The van der Waals surface area contributed by atoms with Crippen LogP contribution in [-0.2, 0) is 6.42 Å². The summed E-state index contributed by atoms with van der Waals surface area (Å²) < 4.78 is 5.44. The lowest BCUT2D eigenvalue weighted by Crippen LogP contribution is -2.27. The highest BCUT2D eigenvalue weighted by Crippen LogP contribution is 2.24. The Morgan fingerprint density at radius 2 is 2.35 bits per heavy atom. The Bertz CT molecular complexity index is 570. The van der Waals surface area contributed by atoms with E-state index in [-0.39, 0.29) is 5.91 Å². The molecule has 2 rings (SSSR count). The molecule has 0 unspecified atom stereocenters. The summed E-state index contributed by atoms with van der Waals surface area (Å²) in [7, 11) is 0. The maximum Gasteiger partial charge on any atom is 0.257 e. The largest absolute Gasteiger partial charge is 0.493 e. The molecular weight excluding hydrogens is 274 g/mol. The lowest BCUT2D eigenvalue weighted by molar-refractivity contribution is 0.0951. The van der Waals surface area contributed by atoms with Crippen LogP contribution in [0.3, 0.4) is 0 Å². The maximum absolute atomic E-state index is 12.2. The highest BCUT2D eigenvalue weighted by Gasteiger charge is 2.15. The van der Waals surface area contributed by atoms with Gasteiger partial charge >= 0.3 is 0 Å². The summed E-state index contributed by atoms with van der Waals surface area (Å²) in [5.41, 5.74) is 6.68. The third-order valence-corrected chi connectivity index (χ3v) is 3.53. The Morgan fingerprint density at radius 1 is 1.50 bits per heavy atom. The van der Waals surface area contributed by atoms with Crippen molar-refractivity contribution in [2.45, 2.75) is 13.3 Å². The molecule has 0 aliphatic heterocycles. The number of anilines is 1. The summed E-state index contributed by atoms with van der Waals surface area (Å²) >= 11 is 1.57. The third-order valence-electron chi connectivity index (χ3n) is 2.69. The molecule has 0 radical (unpaired) electrons. The number of carbonyl (C=O) groups is 1. The van der Waals surface area contributed by atoms with Crippen LogP contribution in [0.15, 0.2) is 29.8 Å². The standard InChI is InChI=1S/C14H17N3O2S/c1-2-19-11-5-3-4-10(15)13(11)14(18)17-7-6-12-16-8-9-20-12/h3-5,8-9H,2,6-7,15H2,1H3,(H,17,18). The first-order valence-corrected chi connectivity index (χ1v) is 7.28. The van der Waals surface area contributed by atoms with Crippen LogP contribution in [0.1, 0.15) is 22.3 Å². The van der Waals surface area contributed by atoms with Gasteiger partial charge in [0.05, 0.1) is 11.6 Å². The number of hydrogen-bond acceptors (Lipinski definition) is 5. The Morgan fingerprint density at radius 3 is 3.05 bits per heavy atom. The molecule has 0 aliphatic rings. The average molecular weight is 291 g/mol. The van der Waals surface area contributed by atoms with Crippen molar-refractivity contribution in [3.8, 4) is 5.75 Å². The van der Waals surface area contributed by atoms with E-state index < -0.39 is 0 Å². The van der Waals surface area contributed by atoms with Gasteiger partial charge in [0.1, 0.15) is 11.3 Å². The van der Waals surface area contributed by atoms with Crippen LogP contribution >= 0.6 is 11.3 Å². The van der Waals surface area contributed by atoms with Gasteiger partial charge in [0.25, 0.3) is 5.91 Å². The molecule has 5 nitrogen and oxygen atoms in total. The van der Waals surface area contributed by atoms with E-state index in [9.17, 15) is 4.79 Å². The van der Waals surface area contributed by atoms with Gasteiger partial charge in [0.2, 0.25) is 0 Å². The lowest BCUT2D eigenvalue weighted by atomic mass is 10.1. The molecule has 20 heavy (non-hydrogen) atoms. The van der Waals surface area contributed by atoms with Gasteiger partial charge in [-0.2, -0.15) is 0 Å². The van der Waals surface area contributed by atoms with Gasteiger partial charge in [0.15, 0.2) is 0 Å². The van der Waals surface area contributed by atoms with Crippen molar-refractivity contribution in [3.05, 3.63) is 40.3 Å². The van der Waals surface area contributed by atoms with Crippen molar-refractivity contribution in [2.75, 3.05) is 18.9 Å². The second-order valence-electron chi connectivity index (χ2n) is 4.09. The molecule has 1 aromatic carbocycles. The normalized spacial score (nSPS) is 10.2. The van der Waals surface area contributed by atoms with Crippen molar-refractivity contribution in [1.82, 2.24) is 10.3 Å². The number of amides is 1. The van der Waals surface area contributed by atoms with E-state index >= 15 is 0 Å². The number of ether oxygens (including phenoxy) is 1. The summed E-state index contributed by atoms with van der Waals surface area (Å²) in [5.74, 6) is 0.294. The summed E-state index contributed by atoms with van der Waals surface area (Å²) in [6.07, 6.45) is 2.46. The predicted molar refractivity (Wildman–Crippen MR) is 80.2 cm³/mol. The average Bonchev–Trinajstić information content (AvgIpc) is 2.92. The molecule has 1 amide bonds. The highest BCUT2D eigenvalue weighted by atomic mass is 32.1. The van der Waals surface area contributed by atoms with Crippen molar-refractivity contribution in [3.63, 3.8) is 0 Å². The minimum absolute atomic E-state index is 0.219. The Balaban J connectivity index is 2.01. The number of nitrogens with one attached hydrogen (secondary N) is 1. The fourth-order valence-electron chi connectivity index (χ4n) is 1.81. The van der Waals surface area contributed by atoms with Gasteiger partial charge in [-0.3, -0.25) is 4.79 Å². The fourth-order valence-corrected chi connectivity index (χ4v) is 2.44. The number of thiazole rings is 1. The van der Waals surface area contributed by atoms with Crippen LogP contribution in [-0.4, -0.2) is 24.0 Å². The number of benzene rings is 1. The number of rotatable bonds is 6. The van der Waals surface area contributed by atoms with Crippen molar-refractivity contribution < 1.29 is 9.53 Å². The van der Waals surface area contributed by atoms with E-state index in [1.165, 1.54) is 0 Å². The zero-order chi connectivity index (χ0) is 14.4. The molecule has 3 N–H and O–H groups in total. The molecule has 0 bridgehead atoms. The number of nitrogens with zero attached hydrogens (tertiary/aromatic N) is 1. The number of nitrogens with two attached hydrogens (primary N) is 1. The van der Waals surface area contributed by atoms with Gasteiger partial charge in [0, 0.05) is 30.2 Å². The topological polar surface area (TPSA) is 77.2 Å². The molecule has 0 saturated heterocycles. The monoisotopic (exact) mass is 291 g/mol. The fraction of sp³-hybridized carbons (Fsp3) is 0.286. The molecule has 0 atom stereocenters. The summed E-state index contributed by atoms with van der Waals surface area (Å²) in [5, 5.41) is 5.76. The molecular formula is C14H17N3O2S. The van der Waals surface area contributed by atoms with Gasteiger partial charge in [-0.25, -0.2) is 4.98 Å². The SMILES string of the molecule is CCOc1cccc(N)c1C(=O)NCCc1nccs1. The van der Waals surface area contributed by atoms with E-state index in [4.69, 9.17) is 10.5 Å². The van der Waals surface area contributed by atoms with Gasteiger partial charge in [-0.1, -0.05) is 6.07 Å². The van der Waals surface area contributed by atoms with Crippen LogP contribution in [0.5, 0.6) is 5.75 Å². The number of hydrogen-bond donors (Lipinski definition) is 2. The minimum Gasteiger partial charge on any atom is -0.493 e. The van der Waals surface area contributed by atoms with E-state index in [0.717, 1.165) is 5.01 Å². The van der Waals surface area contributed by atoms with Crippen LogP contribution in [0.4, 0.5) is 5.69 Å². The zero-order valence-corrected chi connectivity index (χ0v) is 12.1. The molecule has 0 spiro atoms. The van der Waals surface area contributed by atoms with E-state index in [0.29, 0.717) is 36.6 Å². The van der Waals surface area contributed by atoms with Crippen molar-refractivity contribution in [1.29, 1.82) is 0 Å². The number of carbonyl (C=O) groups excluding carboxylic acids is 1. The summed E-state index contributed by atoms with van der Waals surface area (Å²) in [6.45, 7) is 2.88. The quantitative estimate of drug-likeness (QED) is 0.799. The Hall–Kier alpha value is -2.08. The third kappa shape index (κ3) is 3.48. The van der Waals surface area contributed by atoms with E-state index in [1.807, 2.05) is 12.3 Å². The zero-order valence-electron chi connectivity index (χ0n) is 11.3. The maximum atomic E-state index is 12.2. The number of aromatic nitrogens is 1. The summed E-state index contributed by atoms with van der Waals surface area (Å²) in [6, 6.07) is 5.21. The first-order chi connectivity index (χ1) is 9.72. The molecule has 0 saturated carbocycles. The van der Waals surface area contributed by atoms with E-state index in [2.05, 4.69) is 10.3 Å². The highest BCUT2D eigenvalue weighted by molar-refractivity contribution is 7.09. The predicted octanol–water partition coefficient (Wildman–Crippen LogP) is 2.10. The van der Waals surface area contributed by atoms with Crippen molar-refractivity contribution in [2.24, 2.45) is 0 Å². The second-order valence-corrected chi connectivity index (χ2v) is 5.06. The molecule has 106 valence electrons. The van der Waals surface area contributed by atoms with Gasteiger partial charge in [-0.05, 0) is 19.1 Å². The van der Waals surface area contributed by atoms with Crippen LogP contribution < -0.4 is 15.8 Å². The van der Waals surface area contributed by atoms with Crippen molar-refractivity contribution >= 4 is 22.9 Å². The van der Waals surface area contributed by atoms with Gasteiger partial charge in [-0.15, -0.1) is 11.3 Å².